The summed E-state index contributed by atoms with van der Waals surface area (Å²) >= 11 is 0. The normalized spacial score (nSPS) is 12.8. The topological polar surface area (TPSA) is 89.4 Å². The summed E-state index contributed by atoms with van der Waals surface area (Å²) in [4.78, 5) is 10.1. The summed E-state index contributed by atoms with van der Waals surface area (Å²) in [6.45, 7) is 0. The first-order valence-electron chi connectivity index (χ1n) is 7.30. The number of nitrogens with zero attached hydrogens (tertiary/aromatic N) is 1. The lowest BCUT2D eigenvalue weighted by Gasteiger charge is -2.18. The van der Waals surface area contributed by atoms with Gasteiger partial charge in [0.1, 0.15) is 0 Å². The van der Waals surface area contributed by atoms with E-state index in [0.29, 0.717) is 18.4 Å². The molecule has 2 atom stereocenters. The van der Waals surface area contributed by atoms with Crippen LogP contribution in [0.4, 0.5) is 5.69 Å². The van der Waals surface area contributed by atoms with Crippen molar-refractivity contribution in [1.82, 2.24) is 0 Å². The van der Waals surface area contributed by atoms with Gasteiger partial charge in [-0.1, -0.05) is 42.2 Å². The Morgan fingerprint density at radius 2 is 1.78 bits per heavy atom. The number of non-ortho nitro benzene ring substituents is 1. The molecule has 0 saturated heterocycles. The second kappa shape index (κ2) is 8.08. The molecule has 0 aliphatic carbocycles. The number of aliphatic hydroxyl groups excluding tert-OH is 1. The Morgan fingerprint density at radius 1 is 1.13 bits per heavy atom. The largest absolute Gasteiger partial charge is 0.387 e. The zero-order valence-corrected chi connectivity index (χ0v) is 12.6. The zero-order chi connectivity index (χ0) is 16.7. The Bertz CT molecular complexity index is 703. The summed E-state index contributed by atoms with van der Waals surface area (Å²) in [6, 6.07) is 15.0. The van der Waals surface area contributed by atoms with Crippen LogP contribution < -0.4 is 5.73 Å². The maximum atomic E-state index is 10.6. The van der Waals surface area contributed by atoms with E-state index < -0.39 is 11.0 Å². The number of hydrogen-bond donors (Lipinski definition) is 2. The minimum Gasteiger partial charge on any atom is -0.387 e. The van der Waals surface area contributed by atoms with Crippen molar-refractivity contribution in [1.29, 1.82) is 0 Å². The molecule has 3 N–H and O–H groups in total. The molecular weight excluding hydrogens is 292 g/mol. The molecule has 5 heteroatoms. The van der Waals surface area contributed by atoms with Gasteiger partial charge < -0.3 is 10.8 Å². The molecule has 2 aromatic carbocycles. The van der Waals surface area contributed by atoms with Gasteiger partial charge in [-0.2, -0.15) is 0 Å². The van der Waals surface area contributed by atoms with Gasteiger partial charge in [0.05, 0.1) is 11.0 Å². The van der Waals surface area contributed by atoms with Gasteiger partial charge >= 0.3 is 0 Å². The number of rotatable bonds is 5. The van der Waals surface area contributed by atoms with Gasteiger partial charge in [-0.05, 0) is 24.1 Å². The Kier molecular flexibility index (Phi) is 5.87. The Balaban J connectivity index is 1.86. The van der Waals surface area contributed by atoms with Gasteiger partial charge in [-0.3, -0.25) is 10.1 Å². The molecule has 0 heterocycles. The first-order chi connectivity index (χ1) is 11.1. The average molecular weight is 310 g/mol. The zero-order valence-electron chi connectivity index (χ0n) is 12.6. The Labute approximate surface area is 134 Å². The van der Waals surface area contributed by atoms with Crippen LogP contribution in [0.15, 0.2) is 54.6 Å². The monoisotopic (exact) mass is 310 g/mol. The van der Waals surface area contributed by atoms with Crippen LogP contribution in [0, 0.1) is 22.0 Å². The molecule has 23 heavy (non-hydrogen) atoms. The molecule has 5 nitrogen and oxygen atoms in total. The molecular formula is C18H18N2O3. The standard InChI is InChI=1S/C18H18N2O3/c19-17(18(21)15-7-2-1-3-8-15)9-5-4-6-14-10-12-16(13-11-14)20(22)23/h1-3,7-8,10-13,17-18,21H,5,9,19H2. The molecule has 0 bridgehead atoms. The highest BCUT2D eigenvalue weighted by Gasteiger charge is 2.15. The average Bonchev–Trinajstić information content (AvgIpc) is 2.59. The number of nitro groups is 1. The third-order valence-corrected chi connectivity index (χ3v) is 3.46. The molecule has 118 valence electrons. The highest BCUT2D eigenvalue weighted by atomic mass is 16.6. The van der Waals surface area contributed by atoms with Gasteiger partial charge in [-0.15, -0.1) is 0 Å². The summed E-state index contributed by atoms with van der Waals surface area (Å²) in [5.41, 5.74) is 7.54. The van der Waals surface area contributed by atoms with Crippen LogP contribution in [0.1, 0.15) is 30.1 Å². The fourth-order valence-electron chi connectivity index (χ4n) is 2.13. The Hall–Kier alpha value is -2.68. The Morgan fingerprint density at radius 3 is 2.39 bits per heavy atom. The molecule has 0 aromatic heterocycles. The summed E-state index contributed by atoms with van der Waals surface area (Å²) in [5.74, 6) is 5.91. The van der Waals surface area contributed by atoms with Gasteiger partial charge in [0, 0.05) is 30.2 Å². The van der Waals surface area contributed by atoms with E-state index in [4.69, 9.17) is 5.73 Å². The van der Waals surface area contributed by atoms with Crippen LogP contribution in [-0.4, -0.2) is 16.1 Å². The van der Waals surface area contributed by atoms with E-state index in [2.05, 4.69) is 11.8 Å². The van der Waals surface area contributed by atoms with Crippen molar-refractivity contribution >= 4 is 5.69 Å². The highest BCUT2D eigenvalue weighted by Crippen LogP contribution is 2.17. The number of nitro benzene ring substituents is 1. The van der Waals surface area contributed by atoms with Crippen molar-refractivity contribution in [2.75, 3.05) is 0 Å². The van der Waals surface area contributed by atoms with Crippen LogP contribution in [0.2, 0.25) is 0 Å². The lowest BCUT2D eigenvalue weighted by Crippen LogP contribution is -2.28. The van der Waals surface area contributed by atoms with Gasteiger partial charge in [-0.25, -0.2) is 0 Å². The lowest BCUT2D eigenvalue weighted by atomic mass is 9.99. The van der Waals surface area contributed by atoms with Crippen molar-refractivity contribution in [3.63, 3.8) is 0 Å². The van der Waals surface area contributed by atoms with Crippen LogP contribution in [0.5, 0.6) is 0 Å². The third-order valence-electron chi connectivity index (χ3n) is 3.46. The fraction of sp³-hybridized carbons (Fsp3) is 0.222. The molecule has 0 amide bonds. The van der Waals surface area contributed by atoms with E-state index in [0.717, 1.165) is 5.56 Å². The van der Waals surface area contributed by atoms with Crippen LogP contribution in [0.25, 0.3) is 0 Å². The second-order valence-electron chi connectivity index (χ2n) is 5.16. The maximum Gasteiger partial charge on any atom is 0.269 e. The first kappa shape index (κ1) is 16.7. The summed E-state index contributed by atoms with van der Waals surface area (Å²) in [6.07, 6.45) is 0.398. The molecule has 2 aromatic rings. The lowest BCUT2D eigenvalue weighted by molar-refractivity contribution is -0.384. The van der Waals surface area contributed by atoms with Crippen molar-refractivity contribution in [3.8, 4) is 11.8 Å². The molecule has 0 aliphatic heterocycles. The van der Waals surface area contributed by atoms with E-state index in [1.54, 1.807) is 12.1 Å². The predicted molar refractivity (Wildman–Crippen MR) is 88.6 cm³/mol. The molecule has 0 fully saturated rings. The van der Waals surface area contributed by atoms with Gasteiger partial charge in [0.25, 0.3) is 5.69 Å². The summed E-state index contributed by atoms with van der Waals surface area (Å²) in [7, 11) is 0. The van der Waals surface area contributed by atoms with Crippen molar-refractivity contribution in [3.05, 3.63) is 75.8 Å². The van der Waals surface area contributed by atoms with E-state index in [-0.39, 0.29) is 11.7 Å². The number of aliphatic hydroxyl groups is 1. The number of hydrogen-bond acceptors (Lipinski definition) is 4. The fourth-order valence-corrected chi connectivity index (χ4v) is 2.13. The minimum atomic E-state index is -0.711. The van der Waals surface area contributed by atoms with Gasteiger partial charge in [0.2, 0.25) is 0 Å². The highest BCUT2D eigenvalue weighted by molar-refractivity contribution is 5.41. The van der Waals surface area contributed by atoms with E-state index in [1.165, 1.54) is 12.1 Å². The SMILES string of the molecule is NC(CCC#Cc1ccc([N+](=O)[O-])cc1)C(O)c1ccccc1. The van der Waals surface area contributed by atoms with Crippen LogP contribution >= 0.6 is 0 Å². The van der Waals surface area contributed by atoms with E-state index in [9.17, 15) is 15.2 Å². The van der Waals surface area contributed by atoms with Crippen LogP contribution in [0.3, 0.4) is 0 Å². The van der Waals surface area contributed by atoms with Crippen molar-refractivity contribution in [2.45, 2.75) is 25.0 Å². The second-order valence-corrected chi connectivity index (χ2v) is 5.16. The molecule has 2 unspecified atom stereocenters. The van der Waals surface area contributed by atoms with Gasteiger partial charge in [0.15, 0.2) is 0 Å². The predicted octanol–water partition coefficient (Wildman–Crippen LogP) is 2.79. The van der Waals surface area contributed by atoms with Crippen molar-refractivity contribution in [2.24, 2.45) is 5.73 Å². The smallest absolute Gasteiger partial charge is 0.269 e. The summed E-state index contributed by atoms with van der Waals surface area (Å²) < 4.78 is 0. The minimum absolute atomic E-state index is 0.0450. The summed E-state index contributed by atoms with van der Waals surface area (Å²) in [5, 5.41) is 20.7. The quantitative estimate of drug-likeness (QED) is 0.505. The molecule has 0 radical (unpaired) electrons. The first-order valence-corrected chi connectivity index (χ1v) is 7.30. The van der Waals surface area contributed by atoms with E-state index in [1.807, 2.05) is 30.3 Å². The van der Waals surface area contributed by atoms with Crippen molar-refractivity contribution < 1.29 is 10.0 Å². The molecule has 2 rings (SSSR count). The van der Waals surface area contributed by atoms with Crippen LogP contribution in [-0.2, 0) is 0 Å². The number of nitrogens with two attached hydrogens (primary N) is 1. The maximum absolute atomic E-state index is 10.6. The molecule has 0 aliphatic rings. The number of benzene rings is 2. The third kappa shape index (κ3) is 4.92. The molecule has 0 spiro atoms. The molecule has 0 saturated carbocycles. The van der Waals surface area contributed by atoms with E-state index >= 15 is 0 Å².